The number of carbonyl (C=O) groups excluding carboxylic acids is 3. The van der Waals surface area contributed by atoms with Crippen LogP contribution < -0.4 is 21.6 Å². The van der Waals surface area contributed by atoms with Gasteiger partial charge in [0, 0.05) is 66.2 Å². The molecule has 2 aromatic rings. The van der Waals surface area contributed by atoms with Gasteiger partial charge in [-0.3, -0.25) is 15.4 Å². The second kappa shape index (κ2) is 23.8. The fourth-order valence-corrected chi connectivity index (χ4v) is 9.51. The van der Waals surface area contributed by atoms with E-state index in [0.717, 1.165) is 24.6 Å². The highest BCUT2D eigenvalue weighted by Crippen LogP contribution is 2.40. The number of allylic oxidation sites excluding steroid dienone is 3. The molecule has 19 heteroatoms. The molecule has 3 heterocycles. The van der Waals surface area contributed by atoms with Crippen LogP contribution in [0.1, 0.15) is 59.4 Å². The number of alkyl carbamates (subject to hydrolysis) is 1. The van der Waals surface area contributed by atoms with Gasteiger partial charge in [-0.1, -0.05) is 52.5 Å². The van der Waals surface area contributed by atoms with Gasteiger partial charge in [-0.2, -0.15) is 0 Å². The first-order valence-electron chi connectivity index (χ1n) is 21.0. The molecule has 2 fully saturated rings. The van der Waals surface area contributed by atoms with E-state index in [4.69, 9.17) is 37.6 Å². The van der Waals surface area contributed by atoms with Crippen LogP contribution in [0.4, 0.5) is 15.3 Å². The number of aliphatic hydroxyl groups excluding tert-OH is 1. The predicted octanol–water partition coefficient (Wildman–Crippen LogP) is 5.27. The number of aryl methyl sites for hydroxylation is 1. The van der Waals surface area contributed by atoms with Gasteiger partial charge in [0.1, 0.15) is 24.4 Å². The highest BCUT2D eigenvalue weighted by atomic mass is 33.1. The van der Waals surface area contributed by atoms with E-state index in [9.17, 15) is 29.4 Å². The first-order chi connectivity index (χ1) is 30.6. The van der Waals surface area contributed by atoms with Gasteiger partial charge in [-0.05, 0) is 70.5 Å². The van der Waals surface area contributed by atoms with Crippen LogP contribution in [0.5, 0.6) is 0 Å². The Morgan fingerprint density at radius 2 is 1.92 bits per heavy atom. The van der Waals surface area contributed by atoms with E-state index in [1.54, 1.807) is 64.3 Å². The van der Waals surface area contributed by atoms with E-state index < -0.39 is 66.2 Å². The standard InChI is InChI=1S/C45H59N3O14S2/c1-9-11-12-13-34(61-42-41(32(49)19-26(4)59-42)62-38-21-36(55-7)31(24-57-38)46-10-2)39-30(45(6,54)22-33(50)40(39)48-43(52)56-8)16-17-63-64-27(5)23-58-44(53)47-28-14-15-29-25(3)18-37(51)60-35(29)20-28/h9,11,14-16,18,20,26-27,31-32,34,36,38,41-42,46,49,54H,10,17,19,21-24H2,1-8H3,(H,47,53)(H,48,52)/b11-9-,30-16+/t26-,27-,31+,32+,34+,36+,38+,41-,42+,45+/m1/s1. The van der Waals surface area contributed by atoms with Crippen molar-refractivity contribution in [2.45, 2.75) is 121 Å². The van der Waals surface area contributed by atoms with E-state index in [-0.39, 0.29) is 59.4 Å². The van der Waals surface area contributed by atoms with E-state index in [1.807, 2.05) is 13.8 Å². The molecule has 0 radical (unpaired) electrons. The van der Waals surface area contributed by atoms with Crippen LogP contribution in [0.25, 0.3) is 11.0 Å². The summed E-state index contributed by atoms with van der Waals surface area (Å²) in [7, 11) is 5.58. The fraction of sp³-hybridized carbons (Fsp3) is 0.556. The number of nitrogens with one attached hydrogen (secondary N) is 3. The van der Waals surface area contributed by atoms with Crippen LogP contribution in [-0.2, 0) is 38.0 Å². The van der Waals surface area contributed by atoms with Gasteiger partial charge in [0.05, 0.1) is 49.4 Å². The second-order valence-electron chi connectivity index (χ2n) is 15.7. The van der Waals surface area contributed by atoms with Crippen molar-refractivity contribution in [1.29, 1.82) is 0 Å². The lowest BCUT2D eigenvalue weighted by Gasteiger charge is -2.43. The molecule has 1 aromatic carbocycles. The topological polar surface area (TPSA) is 223 Å². The number of hydrogen-bond donors (Lipinski definition) is 5. The Kier molecular flexibility index (Phi) is 18.9. The zero-order chi connectivity index (χ0) is 46.6. The largest absolute Gasteiger partial charge is 0.453 e. The molecule has 1 aliphatic carbocycles. The van der Waals surface area contributed by atoms with E-state index in [2.05, 4.69) is 27.8 Å². The van der Waals surface area contributed by atoms with Crippen molar-refractivity contribution in [3.05, 3.63) is 75.3 Å². The molecule has 17 nitrogen and oxygen atoms in total. The molecule has 5 N–H and O–H groups in total. The third-order valence-electron chi connectivity index (χ3n) is 10.6. The summed E-state index contributed by atoms with van der Waals surface area (Å²) < 4.78 is 46.7. The van der Waals surface area contributed by atoms with Crippen LogP contribution in [-0.4, -0.2) is 128 Å². The number of ketones is 1. The number of hydrogen-bond acceptors (Lipinski definition) is 17. The number of fused-ring (bicyclic) bond motifs is 1. The molecular formula is C45H59N3O14S2. The number of amides is 2. The Morgan fingerprint density at radius 1 is 1.14 bits per heavy atom. The summed E-state index contributed by atoms with van der Waals surface area (Å²) in [5.41, 5.74) is -0.605. The summed E-state index contributed by atoms with van der Waals surface area (Å²) in [6.45, 7) is 11.8. The number of ether oxygens (including phenoxy) is 7. The summed E-state index contributed by atoms with van der Waals surface area (Å²) in [5, 5.41) is 32.4. The number of Topliss-reactive ketones (excluding diaryl/α,β-unsaturated/α-hetero) is 1. The lowest BCUT2D eigenvalue weighted by molar-refractivity contribution is -0.319. The molecule has 10 atom stereocenters. The molecule has 5 rings (SSSR count). The van der Waals surface area contributed by atoms with Crippen LogP contribution >= 0.6 is 21.6 Å². The number of aliphatic hydroxyl groups is 2. The molecule has 350 valence electrons. The lowest BCUT2D eigenvalue weighted by Crippen LogP contribution is -2.56. The minimum atomic E-state index is -1.75. The molecule has 0 unspecified atom stereocenters. The molecule has 3 aliphatic rings. The maximum Gasteiger partial charge on any atom is 0.411 e. The zero-order valence-electron chi connectivity index (χ0n) is 37.3. The molecular weight excluding hydrogens is 871 g/mol. The summed E-state index contributed by atoms with van der Waals surface area (Å²) in [6, 6.07) is 6.32. The van der Waals surface area contributed by atoms with Gasteiger partial charge < -0.3 is 53.1 Å². The Bertz CT molecular complexity index is 2180. The first kappa shape index (κ1) is 50.8. The molecule has 2 saturated heterocycles. The Morgan fingerprint density at radius 3 is 2.64 bits per heavy atom. The highest BCUT2D eigenvalue weighted by Gasteiger charge is 2.47. The van der Waals surface area contributed by atoms with Crippen LogP contribution in [0.2, 0.25) is 0 Å². The average molecular weight is 930 g/mol. The van der Waals surface area contributed by atoms with Crippen LogP contribution in [0.3, 0.4) is 0 Å². The van der Waals surface area contributed by atoms with E-state index >= 15 is 0 Å². The average Bonchev–Trinajstić information content (AvgIpc) is 3.24. The van der Waals surface area contributed by atoms with Crippen molar-refractivity contribution in [1.82, 2.24) is 10.6 Å². The highest BCUT2D eigenvalue weighted by molar-refractivity contribution is 8.77. The predicted molar refractivity (Wildman–Crippen MR) is 243 cm³/mol. The van der Waals surface area contributed by atoms with Crippen molar-refractivity contribution in [3.63, 3.8) is 0 Å². The van der Waals surface area contributed by atoms with Crippen molar-refractivity contribution >= 4 is 56.2 Å². The molecule has 0 bridgehead atoms. The third-order valence-corrected chi connectivity index (χ3v) is 13.3. The Hall–Kier alpha value is -4.20. The minimum Gasteiger partial charge on any atom is -0.453 e. The number of carbonyl (C=O) groups is 3. The summed E-state index contributed by atoms with van der Waals surface area (Å²) >= 11 is 0. The van der Waals surface area contributed by atoms with Crippen molar-refractivity contribution < 1.29 is 62.2 Å². The van der Waals surface area contributed by atoms with Crippen molar-refractivity contribution in [3.8, 4) is 11.8 Å². The number of benzene rings is 1. The van der Waals surface area contributed by atoms with Gasteiger partial charge in [0.2, 0.25) is 0 Å². The van der Waals surface area contributed by atoms with Gasteiger partial charge in [-0.25, -0.2) is 14.4 Å². The zero-order valence-corrected chi connectivity index (χ0v) is 38.9. The van der Waals surface area contributed by atoms with Crippen molar-refractivity contribution in [2.24, 2.45) is 0 Å². The molecule has 2 aliphatic heterocycles. The number of methoxy groups -OCH3 is 2. The second-order valence-corrected chi connectivity index (χ2v) is 18.6. The normalized spacial score (nSPS) is 27.8. The molecule has 0 saturated carbocycles. The Balaban J connectivity index is 1.35. The van der Waals surface area contributed by atoms with Gasteiger partial charge in [0.15, 0.2) is 18.4 Å². The SMILES string of the molecule is C/C=C\C#C[C@H](O[C@@H]1O[C@H](C)C[C@H](O)[C@H]1O[C@H]1C[C@H](OC)[C@@H](NCC)CO1)C1=C(NC(=O)OC)C(=O)C[C@](C)(O)/C1=C/CSS[C@H](C)COC(=O)Nc1ccc2c(C)cc(=O)oc2c1. The molecule has 64 heavy (non-hydrogen) atoms. The van der Waals surface area contributed by atoms with Crippen molar-refractivity contribution in [2.75, 3.05) is 45.0 Å². The minimum absolute atomic E-state index is 0.0476. The molecule has 1 aromatic heterocycles. The van der Waals surface area contributed by atoms with Gasteiger partial charge >= 0.3 is 17.8 Å². The third kappa shape index (κ3) is 13.7. The number of rotatable bonds is 16. The van der Waals surface area contributed by atoms with Crippen LogP contribution in [0.15, 0.2) is 68.5 Å². The molecule has 0 spiro atoms. The van der Waals surface area contributed by atoms with Gasteiger partial charge in [-0.15, -0.1) is 0 Å². The summed E-state index contributed by atoms with van der Waals surface area (Å²) in [4.78, 5) is 51.1. The first-order valence-corrected chi connectivity index (χ1v) is 23.4. The van der Waals surface area contributed by atoms with E-state index in [0.29, 0.717) is 24.3 Å². The van der Waals surface area contributed by atoms with Crippen LogP contribution in [0, 0.1) is 18.8 Å². The fourth-order valence-electron chi connectivity index (χ4n) is 7.53. The number of likely N-dealkylation sites (N-methyl/N-ethyl adjacent to an activating group) is 1. The quantitative estimate of drug-likeness (QED) is 0.0627. The summed E-state index contributed by atoms with van der Waals surface area (Å²) in [5.74, 6) is 5.63. The van der Waals surface area contributed by atoms with E-state index in [1.165, 1.54) is 34.6 Å². The Labute approximate surface area is 380 Å². The maximum atomic E-state index is 13.8. The maximum absolute atomic E-state index is 13.8. The summed E-state index contributed by atoms with van der Waals surface area (Å²) in [6.07, 6.45) is -2.64. The lowest BCUT2D eigenvalue weighted by atomic mass is 9.76. The van der Waals surface area contributed by atoms with Gasteiger partial charge in [0.25, 0.3) is 0 Å². The smallest absolute Gasteiger partial charge is 0.411 e. The monoisotopic (exact) mass is 929 g/mol. The molecule has 2 amide bonds. The number of anilines is 1.